The monoisotopic (exact) mass is 666 g/mol. The number of hydrogen-bond donors (Lipinski definition) is 1. The van der Waals surface area contributed by atoms with Gasteiger partial charge in [0.2, 0.25) is 6.08 Å². The number of anilines is 1. The van der Waals surface area contributed by atoms with Crippen molar-refractivity contribution in [3.8, 4) is 0 Å². The largest absolute Gasteiger partial charge is 0.515 e. The average Bonchev–Trinajstić information content (AvgIpc) is 3.64. The summed E-state index contributed by atoms with van der Waals surface area (Å²) in [6, 6.07) is 4.76. The maximum atomic E-state index is 10.5. The van der Waals surface area contributed by atoms with Crippen LogP contribution in [0.4, 0.5) is 16.2 Å². The first-order chi connectivity index (χ1) is 18.9. The molecule has 40 heavy (non-hydrogen) atoms. The first-order valence-corrected chi connectivity index (χ1v) is 15.3. The number of carbonyl (C=O) groups is 1. The molecule has 4 aliphatic rings. The summed E-state index contributed by atoms with van der Waals surface area (Å²) in [4.78, 5) is 24.9. The van der Waals surface area contributed by atoms with Gasteiger partial charge >= 0.3 is 14.1 Å². The Morgan fingerprint density at radius 2 is 1.02 bits per heavy atom. The second-order valence-corrected chi connectivity index (χ2v) is 14.4. The van der Waals surface area contributed by atoms with Crippen LogP contribution in [0.25, 0.3) is 0 Å². The summed E-state index contributed by atoms with van der Waals surface area (Å²) >= 11 is 30.2. The number of fused-ring (bicyclic) bond motifs is 4. The van der Waals surface area contributed by atoms with Crippen molar-refractivity contribution in [3.63, 3.8) is 0 Å². The molecule has 2 aromatic carbocycles. The van der Waals surface area contributed by atoms with Crippen molar-refractivity contribution in [2.24, 2.45) is 4.99 Å². The maximum absolute atomic E-state index is 10.5. The number of nitrogens with two attached hydrogens (primary N) is 1. The van der Waals surface area contributed by atoms with Gasteiger partial charge in [0.15, 0.2) is 0 Å². The number of rotatable bonds is 1. The molecule has 0 saturated heterocycles. The van der Waals surface area contributed by atoms with Gasteiger partial charge in [-0.1, -0.05) is 12.1 Å². The molecule has 0 heterocycles. The molecule has 4 aliphatic carbocycles. The highest BCUT2D eigenvalue weighted by atomic mass is 35.6. The number of nitrogen functional groups attached to an aromatic ring is 1. The summed E-state index contributed by atoms with van der Waals surface area (Å²) in [6.07, 6.45) is 14.8. The lowest BCUT2D eigenvalue weighted by atomic mass is 9.99. The molecule has 0 unspecified atom stereocenters. The van der Waals surface area contributed by atoms with Crippen LogP contribution in [0.2, 0.25) is 0 Å². The zero-order valence-electron chi connectivity index (χ0n) is 21.6. The second kappa shape index (κ2) is 13.3. The van der Waals surface area contributed by atoms with Crippen LogP contribution in [0.15, 0.2) is 17.1 Å². The van der Waals surface area contributed by atoms with Crippen molar-refractivity contribution in [2.75, 3.05) is 5.73 Å². The lowest BCUT2D eigenvalue weighted by molar-refractivity contribution is 0.0508. The van der Waals surface area contributed by atoms with E-state index in [0.29, 0.717) is 0 Å². The van der Waals surface area contributed by atoms with E-state index in [1.165, 1.54) is 95.9 Å². The highest BCUT2D eigenvalue weighted by Gasteiger charge is 2.32. The molecule has 0 fully saturated rings. The standard InChI is InChI=1S/C13H13NO.C12H15N.C3Cl6O3/c15-8-14-13-11-5-1-3-9(11)7-10-4-2-6-12(10)13;13-12-10-5-1-3-8(10)7-9-4-2-6-11(9)12;4-2(5,6)11-1(10)12-3(7,8)9/h7H,1-6H2;7H,1-6,13H2;. The SMILES string of the molecule is Nc1c2c(cc3c1CCC3)CCC2.O=C(OC(Cl)(Cl)Cl)OC(Cl)(Cl)Cl.O=C=Nc1c2c(cc3c1CCC3)CCC2. The van der Waals surface area contributed by atoms with Crippen LogP contribution < -0.4 is 5.73 Å². The Morgan fingerprint density at radius 3 is 1.38 bits per heavy atom. The van der Waals surface area contributed by atoms with Crippen LogP contribution in [-0.2, 0) is 65.6 Å². The molecule has 0 radical (unpaired) electrons. The van der Waals surface area contributed by atoms with Crippen LogP contribution in [0.3, 0.4) is 0 Å². The number of benzene rings is 2. The zero-order chi connectivity index (χ0) is 29.1. The quantitative estimate of drug-likeness (QED) is 0.108. The van der Waals surface area contributed by atoms with E-state index in [-0.39, 0.29) is 0 Å². The van der Waals surface area contributed by atoms with Gasteiger partial charge in [-0.05, 0) is 191 Å². The molecule has 0 spiro atoms. The van der Waals surface area contributed by atoms with Crippen LogP contribution >= 0.6 is 69.6 Å². The van der Waals surface area contributed by atoms with E-state index in [1.807, 2.05) is 0 Å². The van der Waals surface area contributed by atoms with Gasteiger partial charge in [0.05, 0.1) is 5.69 Å². The normalized spacial score (nSPS) is 16.2. The molecule has 0 saturated carbocycles. The summed E-state index contributed by atoms with van der Waals surface area (Å²) in [5.41, 5.74) is 19.8. The van der Waals surface area contributed by atoms with Crippen LogP contribution in [-0.4, -0.2) is 20.2 Å². The smallest absolute Gasteiger partial charge is 0.398 e. The Kier molecular flexibility index (Phi) is 10.5. The second-order valence-electron chi connectivity index (χ2n) is 10.0. The summed E-state index contributed by atoms with van der Waals surface area (Å²) in [7, 11) is 0. The Labute approximate surface area is 263 Å². The predicted octanol–water partition coefficient (Wildman–Crippen LogP) is 8.67. The molecular weight excluding hydrogens is 641 g/mol. The summed E-state index contributed by atoms with van der Waals surface area (Å²) in [5, 5.41) is 0. The maximum Gasteiger partial charge on any atom is 0.515 e. The number of halogens is 6. The van der Waals surface area contributed by atoms with Gasteiger partial charge in [0, 0.05) is 5.69 Å². The number of isocyanates is 1. The number of alkyl halides is 6. The minimum Gasteiger partial charge on any atom is -0.398 e. The Bertz CT molecular complexity index is 1250. The molecule has 2 aromatic rings. The van der Waals surface area contributed by atoms with Gasteiger partial charge in [-0.3, -0.25) is 0 Å². The lowest BCUT2D eigenvalue weighted by Crippen LogP contribution is -2.22. The average molecular weight is 669 g/mol. The predicted molar refractivity (Wildman–Crippen MR) is 161 cm³/mol. The van der Waals surface area contributed by atoms with E-state index in [2.05, 4.69) is 26.6 Å². The highest BCUT2D eigenvalue weighted by Crippen LogP contribution is 2.40. The molecule has 0 atom stereocenters. The molecule has 0 bridgehead atoms. The third-order valence-corrected chi connectivity index (χ3v) is 7.98. The Balaban J connectivity index is 0.000000140. The van der Waals surface area contributed by atoms with E-state index in [9.17, 15) is 9.59 Å². The lowest BCUT2D eigenvalue weighted by Gasteiger charge is -2.15. The van der Waals surface area contributed by atoms with Gasteiger partial charge in [-0.15, -0.1) is 0 Å². The van der Waals surface area contributed by atoms with Gasteiger partial charge in [-0.2, -0.15) is 4.99 Å². The van der Waals surface area contributed by atoms with Crippen molar-refractivity contribution in [2.45, 2.75) is 85.0 Å². The topological polar surface area (TPSA) is 91.0 Å². The van der Waals surface area contributed by atoms with E-state index in [0.717, 1.165) is 37.1 Å². The molecule has 0 aromatic heterocycles. The van der Waals surface area contributed by atoms with Crippen LogP contribution in [0, 0.1) is 0 Å². The number of aliphatic imine (C=N–C) groups is 1. The van der Waals surface area contributed by atoms with Crippen molar-refractivity contribution in [3.05, 3.63) is 56.6 Å². The molecule has 6 rings (SSSR count). The van der Waals surface area contributed by atoms with E-state index in [4.69, 9.17) is 75.3 Å². The molecule has 6 nitrogen and oxygen atoms in total. The first-order valence-electron chi connectivity index (χ1n) is 13.1. The number of nitrogens with zero attached hydrogens (tertiary/aromatic N) is 1. The minimum absolute atomic E-state index is 0.965. The fraction of sp³-hybridized carbons (Fsp3) is 0.500. The summed E-state index contributed by atoms with van der Waals surface area (Å²) in [5.74, 6) is 0. The van der Waals surface area contributed by atoms with Crippen molar-refractivity contribution < 1.29 is 19.1 Å². The molecular formula is C28H28Cl6N2O4. The highest BCUT2D eigenvalue weighted by molar-refractivity contribution is 6.67. The fourth-order valence-corrected chi connectivity index (χ4v) is 6.41. The van der Waals surface area contributed by atoms with E-state index >= 15 is 0 Å². The molecule has 216 valence electrons. The van der Waals surface area contributed by atoms with E-state index in [1.54, 1.807) is 6.08 Å². The number of hydrogen-bond acceptors (Lipinski definition) is 6. The van der Waals surface area contributed by atoms with Gasteiger partial charge in [0.25, 0.3) is 0 Å². The molecule has 2 N–H and O–H groups in total. The number of ether oxygens (including phenoxy) is 2. The zero-order valence-corrected chi connectivity index (χ0v) is 26.1. The third-order valence-electron chi connectivity index (χ3n) is 7.52. The summed E-state index contributed by atoms with van der Waals surface area (Å²) < 4.78 is 3.50. The van der Waals surface area contributed by atoms with Gasteiger partial charge in [-0.25, -0.2) is 9.59 Å². The Hall–Kier alpha value is -1.37. The molecule has 0 amide bonds. The molecule has 12 heteroatoms. The minimum atomic E-state index is -2.24. The first kappa shape index (κ1) is 31.6. The number of carbonyl (C=O) groups excluding carboxylic acids is 2. The van der Waals surface area contributed by atoms with Gasteiger partial charge < -0.3 is 15.2 Å². The van der Waals surface area contributed by atoms with Crippen molar-refractivity contribution in [1.82, 2.24) is 0 Å². The van der Waals surface area contributed by atoms with Crippen LogP contribution in [0.5, 0.6) is 0 Å². The Morgan fingerprint density at radius 1 is 0.675 bits per heavy atom. The molecule has 0 aliphatic heterocycles. The number of aryl methyl sites for hydroxylation is 4. The van der Waals surface area contributed by atoms with E-state index < -0.39 is 14.1 Å². The van der Waals surface area contributed by atoms with Crippen LogP contribution in [0.1, 0.15) is 70.2 Å². The fourth-order valence-electron chi connectivity index (χ4n) is 6.04. The van der Waals surface area contributed by atoms with Gasteiger partial charge in [0.1, 0.15) is 0 Å². The van der Waals surface area contributed by atoms with Crippen molar-refractivity contribution in [1.29, 1.82) is 0 Å². The summed E-state index contributed by atoms with van der Waals surface area (Å²) in [6.45, 7) is 0. The third kappa shape index (κ3) is 8.13. The van der Waals surface area contributed by atoms with Crippen molar-refractivity contribution >= 4 is 93.2 Å².